The number of methoxy groups -OCH3 is 1. The highest BCUT2D eigenvalue weighted by Crippen LogP contribution is 2.25. The van der Waals surface area contributed by atoms with Crippen molar-refractivity contribution in [2.24, 2.45) is 0 Å². The Bertz CT molecular complexity index is 1300. The van der Waals surface area contributed by atoms with Crippen LogP contribution >= 0.6 is 0 Å². The van der Waals surface area contributed by atoms with E-state index in [1.165, 1.54) is 29.6 Å². The molecule has 0 aliphatic carbocycles. The minimum absolute atomic E-state index is 0.0603. The standard InChI is InChI=1S/C25H30N4O5S/c1-18-16-19(2)29(27-18)21-6-4-20(5-7-21)10-11-26-25(30)23-17-22(8-9-24(23)33-3)35(31,32)28-12-14-34-15-13-28/h4-9,16-17H,10-15H2,1-3H3,(H,26,30). The van der Waals surface area contributed by atoms with Crippen LogP contribution in [0.2, 0.25) is 0 Å². The number of rotatable bonds is 8. The Morgan fingerprint density at radius 2 is 1.80 bits per heavy atom. The second-order valence-electron chi connectivity index (χ2n) is 8.39. The van der Waals surface area contributed by atoms with E-state index in [0.29, 0.717) is 31.9 Å². The summed E-state index contributed by atoms with van der Waals surface area (Å²) in [5.74, 6) is -0.0715. The normalized spacial score (nSPS) is 14.6. The van der Waals surface area contributed by atoms with Crippen molar-refractivity contribution in [3.63, 3.8) is 0 Å². The highest BCUT2D eigenvalue weighted by molar-refractivity contribution is 7.89. The van der Waals surface area contributed by atoms with Gasteiger partial charge in [0.25, 0.3) is 5.91 Å². The van der Waals surface area contributed by atoms with Crippen molar-refractivity contribution < 1.29 is 22.7 Å². The Morgan fingerprint density at radius 1 is 1.09 bits per heavy atom. The van der Waals surface area contributed by atoms with Crippen LogP contribution < -0.4 is 10.1 Å². The second kappa shape index (κ2) is 10.6. The van der Waals surface area contributed by atoms with Crippen molar-refractivity contribution >= 4 is 15.9 Å². The fraction of sp³-hybridized carbons (Fsp3) is 0.360. The molecule has 1 aromatic heterocycles. The number of carbonyl (C=O) groups excluding carboxylic acids is 1. The maximum absolute atomic E-state index is 13.0. The molecule has 0 saturated carbocycles. The van der Waals surface area contributed by atoms with Gasteiger partial charge < -0.3 is 14.8 Å². The fourth-order valence-electron chi connectivity index (χ4n) is 4.07. The molecule has 1 amide bonds. The Morgan fingerprint density at radius 3 is 2.43 bits per heavy atom. The molecule has 9 nitrogen and oxygen atoms in total. The van der Waals surface area contributed by atoms with Gasteiger partial charge in [0.1, 0.15) is 5.75 Å². The number of sulfonamides is 1. The Hall–Kier alpha value is -3.21. The summed E-state index contributed by atoms with van der Waals surface area (Å²) in [5, 5.41) is 7.37. The van der Waals surface area contributed by atoms with Gasteiger partial charge in [-0.1, -0.05) is 12.1 Å². The van der Waals surface area contributed by atoms with Gasteiger partial charge in [0, 0.05) is 25.3 Å². The molecule has 0 atom stereocenters. The lowest BCUT2D eigenvalue weighted by molar-refractivity contribution is 0.0730. The molecule has 1 saturated heterocycles. The number of carbonyl (C=O) groups is 1. The Kier molecular flexibility index (Phi) is 7.54. The van der Waals surface area contributed by atoms with Crippen molar-refractivity contribution in [1.29, 1.82) is 0 Å². The molecule has 186 valence electrons. The third-order valence-electron chi connectivity index (χ3n) is 5.91. The topological polar surface area (TPSA) is 103 Å². The van der Waals surface area contributed by atoms with E-state index < -0.39 is 10.0 Å². The number of morpholine rings is 1. The number of aromatic nitrogens is 2. The molecule has 1 fully saturated rings. The van der Waals surface area contributed by atoms with Gasteiger partial charge >= 0.3 is 0 Å². The van der Waals surface area contributed by atoms with Crippen LogP contribution in [0.4, 0.5) is 0 Å². The summed E-state index contributed by atoms with van der Waals surface area (Å²) < 4.78 is 39.8. The SMILES string of the molecule is COc1ccc(S(=O)(=O)N2CCOCC2)cc1C(=O)NCCc1ccc(-n2nc(C)cc2C)cc1. The lowest BCUT2D eigenvalue weighted by Gasteiger charge is -2.26. The van der Waals surface area contributed by atoms with Gasteiger partial charge in [-0.3, -0.25) is 4.79 Å². The van der Waals surface area contributed by atoms with E-state index in [9.17, 15) is 13.2 Å². The molecule has 1 N–H and O–H groups in total. The van der Waals surface area contributed by atoms with Gasteiger partial charge in [-0.25, -0.2) is 13.1 Å². The smallest absolute Gasteiger partial charge is 0.255 e. The van der Waals surface area contributed by atoms with E-state index >= 15 is 0 Å². The number of hydrogen-bond donors (Lipinski definition) is 1. The summed E-state index contributed by atoms with van der Waals surface area (Å²) >= 11 is 0. The number of nitrogens with zero attached hydrogens (tertiary/aromatic N) is 3. The summed E-state index contributed by atoms with van der Waals surface area (Å²) in [4.78, 5) is 13.0. The predicted molar refractivity (Wildman–Crippen MR) is 132 cm³/mol. The number of amides is 1. The first-order chi connectivity index (χ1) is 16.8. The van der Waals surface area contributed by atoms with Crippen molar-refractivity contribution in [2.45, 2.75) is 25.2 Å². The molecule has 3 aromatic rings. The van der Waals surface area contributed by atoms with Crippen LogP contribution in [-0.4, -0.2) is 68.4 Å². The molecule has 0 spiro atoms. The maximum Gasteiger partial charge on any atom is 0.255 e. The zero-order chi connectivity index (χ0) is 25.0. The van der Waals surface area contributed by atoms with Gasteiger partial charge in [0.15, 0.2) is 0 Å². The van der Waals surface area contributed by atoms with Crippen LogP contribution in [0, 0.1) is 13.8 Å². The van der Waals surface area contributed by atoms with Gasteiger partial charge in [0.05, 0.1) is 42.2 Å². The summed E-state index contributed by atoms with van der Waals surface area (Å²) in [6.07, 6.45) is 0.622. The van der Waals surface area contributed by atoms with E-state index in [1.54, 1.807) is 0 Å². The molecule has 2 heterocycles. The molecular weight excluding hydrogens is 468 g/mol. The third-order valence-corrected chi connectivity index (χ3v) is 7.81. The van der Waals surface area contributed by atoms with Gasteiger partial charge in [-0.05, 0) is 62.2 Å². The minimum atomic E-state index is -3.72. The third kappa shape index (κ3) is 5.55. The van der Waals surface area contributed by atoms with E-state index in [0.717, 1.165) is 22.6 Å². The summed E-state index contributed by atoms with van der Waals surface area (Å²) in [6.45, 7) is 5.64. The second-order valence-corrected chi connectivity index (χ2v) is 10.3. The van der Waals surface area contributed by atoms with Gasteiger partial charge in [-0.2, -0.15) is 9.40 Å². The Balaban J connectivity index is 1.42. The zero-order valence-corrected chi connectivity index (χ0v) is 21.0. The zero-order valence-electron chi connectivity index (χ0n) is 20.2. The molecule has 0 unspecified atom stereocenters. The van der Waals surface area contributed by atoms with Crippen molar-refractivity contribution in [2.75, 3.05) is 40.0 Å². The van der Waals surface area contributed by atoms with Crippen LogP contribution in [0.5, 0.6) is 5.75 Å². The van der Waals surface area contributed by atoms with Crippen LogP contribution in [0.25, 0.3) is 5.69 Å². The molecule has 2 aromatic carbocycles. The largest absolute Gasteiger partial charge is 0.496 e. The van der Waals surface area contributed by atoms with Crippen LogP contribution in [0.3, 0.4) is 0 Å². The monoisotopic (exact) mass is 498 g/mol. The molecular formula is C25H30N4O5S. The predicted octanol–water partition coefficient (Wildman–Crippen LogP) is 2.49. The number of hydrogen-bond acceptors (Lipinski definition) is 6. The lowest BCUT2D eigenvalue weighted by Crippen LogP contribution is -2.40. The van der Waals surface area contributed by atoms with E-state index in [1.807, 2.05) is 48.9 Å². The molecule has 4 rings (SSSR count). The average molecular weight is 499 g/mol. The fourth-order valence-corrected chi connectivity index (χ4v) is 5.51. The van der Waals surface area contributed by atoms with Crippen LogP contribution in [-0.2, 0) is 21.2 Å². The summed E-state index contributed by atoms with van der Waals surface area (Å²) in [5.41, 5.74) is 4.25. The quantitative estimate of drug-likeness (QED) is 0.512. The first kappa shape index (κ1) is 24.9. The van der Waals surface area contributed by atoms with E-state index in [-0.39, 0.29) is 29.5 Å². The first-order valence-electron chi connectivity index (χ1n) is 11.5. The van der Waals surface area contributed by atoms with Crippen molar-refractivity contribution in [3.05, 3.63) is 71.0 Å². The van der Waals surface area contributed by atoms with E-state index in [4.69, 9.17) is 9.47 Å². The Labute approximate surface area is 205 Å². The molecule has 1 aliphatic rings. The molecule has 35 heavy (non-hydrogen) atoms. The minimum Gasteiger partial charge on any atom is -0.496 e. The highest BCUT2D eigenvalue weighted by Gasteiger charge is 2.28. The molecule has 10 heteroatoms. The van der Waals surface area contributed by atoms with Crippen molar-refractivity contribution in [3.8, 4) is 11.4 Å². The lowest BCUT2D eigenvalue weighted by atomic mass is 10.1. The maximum atomic E-state index is 13.0. The number of nitrogens with one attached hydrogen (secondary N) is 1. The summed E-state index contributed by atoms with van der Waals surface area (Å²) in [7, 11) is -2.27. The van der Waals surface area contributed by atoms with Gasteiger partial charge in [0.2, 0.25) is 10.0 Å². The molecule has 0 radical (unpaired) electrons. The summed E-state index contributed by atoms with van der Waals surface area (Å²) in [6, 6.07) is 14.4. The number of aryl methyl sites for hydroxylation is 2. The highest BCUT2D eigenvalue weighted by atomic mass is 32.2. The first-order valence-corrected chi connectivity index (χ1v) is 12.9. The van der Waals surface area contributed by atoms with Crippen molar-refractivity contribution in [1.82, 2.24) is 19.4 Å². The number of benzene rings is 2. The van der Waals surface area contributed by atoms with E-state index in [2.05, 4.69) is 10.4 Å². The van der Waals surface area contributed by atoms with Crippen LogP contribution in [0.15, 0.2) is 53.4 Å². The molecule has 1 aliphatic heterocycles. The van der Waals surface area contributed by atoms with Gasteiger partial charge in [-0.15, -0.1) is 0 Å². The number of ether oxygens (including phenoxy) is 2. The average Bonchev–Trinajstić information content (AvgIpc) is 3.22. The molecule has 0 bridgehead atoms. The van der Waals surface area contributed by atoms with Crippen LogP contribution in [0.1, 0.15) is 27.3 Å².